The van der Waals surface area contributed by atoms with Gasteiger partial charge in [-0.15, -0.1) is 0 Å². The van der Waals surface area contributed by atoms with Crippen molar-refractivity contribution in [3.63, 3.8) is 0 Å². The fourth-order valence-electron chi connectivity index (χ4n) is 2.38. The maximum atomic E-state index is 12.2. The minimum atomic E-state index is -0.488. The molecule has 0 unspecified atom stereocenters. The van der Waals surface area contributed by atoms with Crippen molar-refractivity contribution in [1.82, 2.24) is 0 Å². The van der Waals surface area contributed by atoms with Crippen molar-refractivity contribution in [3.8, 4) is 5.75 Å². The lowest BCUT2D eigenvalue weighted by molar-refractivity contribution is -0.118. The van der Waals surface area contributed by atoms with Crippen LogP contribution in [0.15, 0.2) is 36.4 Å². The summed E-state index contributed by atoms with van der Waals surface area (Å²) in [5, 5.41) is 3.11. The monoisotopic (exact) mass is 361 g/mol. The molecule has 0 aliphatic heterocycles. The van der Waals surface area contributed by atoms with Crippen LogP contribution in [0.2, 0.25) is 5.02 Å². The van der Waals surface area contributed by atoms with Crippen molar-refractivity contribution in [2.24, 2.45) is 0 Å². The van der Waals surface area contributed by atoms with E-state index in [1.54, 1.807) is 0 Å². The number of para-hydroxylation sites is 1. The number of anilines is 1. The topological polar surface area (TPSA) is 64.6 Å². The molecule has 0 atom stereocenters. The number of benzene rings is 2. The number of carbonyl (C=O) groups excluding carboxylic acids is 2. The third-order valence-electron chi connectivity index (χ3n) is 3.72. The molecule has 132 valence electrons. The summed E-state index contributed by atoms with van der Waals surface area (Å²) in [6.07, 6.45) is 0.818. The SMILES string of the molecule is CCc1cccc(C)c1NC(=O)COc1ccc(C(=O)OC)cc1Cl. The van der Waals surface area contributed by atoms with E-state index in [4.69, 9.17) is 16.3 Å². The Morgan fingerprint density at radius 2 is 1.96 bits per heavy atom. The van der Waals surface area contributed by atoms with Crippen molar-refractivity contribution in [2.75, 3.05) is 19.0 Å². The molecule has 1 N–H and O–H groups in total. The Morgan fingerprint density at radius 1 is 1.20 bits per heavy atom. The van der Waals surface area contributed by atoms with Crippen molar-refractivity contribution in [3.05, 3.63) is 58.1 Å². The fourth-order valence-corrected chi connectivity index (χ4v) is 2.62. The zero-order chi connectivity index (χ0) is 18.4. The van der Waals surface area contributed by atoms with E-state index in [1.165, 1.54) is 25.3 Å². The predicted octanol–water partition coefficient (Wildman–Crippen LogP) is 4.01. The minimum absolute atomic E-state index is 0.186. The van der Waals surface area contributed by atoms with Crippen LogP contribution in [-0.2, 0) is 16.0 Å². The molecule has 0 radical (unpaired) electrons. The third kappa shape index (κ3) is 4.73. The molecule has 0 aliphatic carbocycles. The van der Waals surface area contributed by atoms with E-state index in [2.05, 4.69) is 10.1 Å². The first kappa shape index (κ1) is 18.8. The van der Waals surface area contributed by atoms with E-state index in [1.807, 2.05) is 32.0 Å². The predicted molar refractivity (Wildman–Crippen MR) is 97.5 cm³/mol. The normalized spacial score (nSPS) is 10.2. The smallest absolute Gasteiger partial charge is 0.337 e. The molecule has 25 heavy (non-hydrogen) atoms. The van der Waals surface area contributed by atoms with E-state index in [9.17, 15) is 9.59 Å². The van der Waals surface area contributed by atoms with Gasteiger partial charge in [0.05, 0.1) is 17.7 Å². The van der Waals surface area contributed by atoms with Gasteiger partial charge in [0.1, 0.15) is 5.75 Å². The second kappa shape index (κ2) is 8.53. The summed E-state index contributed by atoms with van der Waals surface area (Å²) in [7, 11) is 1.29. The van der Waals surface area contributed by atoms with Gasteiger partial charge in [-0.05, 0) is 42.7 Å². The number of esters is 1. The Labute approximate surface area is 151 Å². The Bertz CT molecular complexity index is 789. The number of hydrogen-bond acceptors (Lipinski definition) is 4. The summed E-state index contributed by atoms with van der Waals surface area (Å²) in [6.45, 7) is 3.79. The number of aryl methyl sites for hydroxylation is 2. The first-order valence-electron chi connectivity index (χ1n) is 7.85. The fraction of sp³-hybridized carbons (Fsp3) is 0.263. The zero-order valence-electron chi connectivity index (χ0n) is 14.4. The Hall–Kier alpha value is -2.53. The Kier molecular flexibility index (Phi) is 6.42. The van der Waals surface area contributed by atoms with Crippen LogP contribution in [0.25, 0.3) is 0 Å². The molecule has 0 saturated carbocycles. The summed E-state index contributed by atoms with van der Waals surface area (Å²) in [5.74, 6) is -0.445. The minimum Gasteiger partial charge on any atom is -0.482 e. The first-order valence-corrected chi connectivity index (χ1v) is 8.23. The van der Waals surface area contributed by atoms with Gasteiger partial charge in [-0.3, -0.25) is 4.79 Å². The van der Waals surface area contributed by atoms with Crippen LogP contribution in [-0.4, -0.2) is 25.6 Å². The van der Waals surface area contributed by atoms with Gasteiger partial charge in [0.25, 0.3) is 5.91 Å². The van der Waals surface area contributed by atoms with Gasteiger partial charge in [-0.2, -0.15) is 0 Å². The van der Waals surface area contributed by atoms with E-state index in [-0.39, 0.29) is 17.5 Å². The maximum absolute atomic E-state index is 12.2. The van der Waals surface area contributed by atoms with E-state index in [0.717, 1.165) is 23.2 Å². The molecule has 2 aromatic carbocycles. The number of amides is 1. The number of nitrogens with one attached hydrogen (secondary N) is 1. The average Bonchev–Trinajstić information content (AvgIpc) is 2.61. The van der Waals surface area contributed by atoms with Gasteiger partial charge in [-0.1, -0.05) is 36.7 Å². The van der Waals surface area contributed by atoms with Crippen LogP contribution in [0.3, 0.4) is 0 Å². The van der Waals surface area contributed by atoms with Gasteiger partial charge in [0.15, 0.2) is 6.61 Å². The van der Waals surface area contributed by atoms with Crippen molar-refractivity contribution in [1.29, 1.82) is 0 Å². The molecule has 0 bridgehead atoms. The molecule has 5 nitrogen and oxygen atoms in total. The highest BCUT2D eigenvalue weighted by Gasteiger charge is 2.12. The highest BCUT2D eigenvalue weighted by atomic mass is 35.5. The molecule has 0 aliphatic rings. The van der Waals surface area contributed by atoms with Crippen LogP contribution < -0.4 is 10.1 Å². The average molecular weight is 362 g/mol. The van der Waals surface area contributed by atoms with Gasteiger partial charge >= 0.3 is 5.97 Å². The van der Waals surface area contributed by atoms with Crippen molar-refractivity contribution >= 4 is 29.2 Å². The van der Waals surface area contributed by atoms with Crippen LogP contribution in [0, 0.1) is 6.92 Å². The Balaban J connectivity index is 2.02. The molecule has 6 heteroatoms. The lowest BCUT2D eigenvalue weighted by Gasteiger charge is -2.14. The number of halogens is 1. The number of carbonyl (C=O) groups is 2. The molecule has 0 aromatic heterocycles. The largest absolute Gasteiger partial charge is 0.482 e. The first-order chi connectivity index (χ1) is 12.0. The van der Waals surface area contributed by atoms with Crippen LogP contribution in [0.1, 0.15) is 28.4 Å². The van der Waals surface area contributed by atoms with Gasteiger partial charge < -0.3 is 14.8 Å². The van der Waals surface area contributed by atoms with E-state index < -0.39 is 5.97 Å². The van der Waals surface area contributed by atoms with Crippen LogP contribution in [0.4, 0.5) is 5.69 Å². The maximum Gasteiger partial charge on any atom is 0.337 e. The molecule has 0 heterocycles. The summed E-state index contributed by atoms with van der Waals surface area (Å²) in [6, 6.07) is 10.4. The molecule has 0 spiro atoms. The molecule has 0 saturated heterocycles. The van der Waals surface area contributed by atoms with Crippen LogP contribution in [0.5, 0.6) is 5.75 Å². The highest BCUT2D eigenvalue weighted by molar-refractivity contribution is 6.32. The second-order valence-corrected chi connectivity index (χ2v) is 5.84. The second-order valence-electron chi connectivity index (χ2n) is 5.44. The van der Waals surface area contributed by atoms with Crippen molar-refractivity contribution < 1.29 is 19.1 Å². The molecule has 2 aromatic rings. The standard InChI is InChI=1S/C19H20ClNO4/c1-4-13-7-5-6-12(2)18(13)21-17(22)11-25-16-9-8-14(10-15(16)20)19(23)24-3/h5-10H,4,11H2,1-3H3,(H,21,22). The summed E-state index contributed by atoms with van der Waals surface area (Å²) >= 11 is 6.08. The summed E-state index contributed by atoms with van der Waals surface area (Å²) in [5.41, 5.74) is 3.18. The van der Waals surface area contributed by atoms with Crippen molar-refractivity contribution in [2.45, 2.75) is 20.3 Å². The summed E-state index contributed by atoms with van der Waals surface area (Å²) < 4.78 is 10.1. The number of methoxy groups -OCH3 is 1. The third-order valence-corrected chi connectivity index (χ3v) is 4.01. The molecular weight excluding hydrogens is 342 g/mol. The number of rotatable bonds is 6. The van der Waals surface area contributed by atoms with Gasteiger partial charge in [-0.25, -0.2) is 4.79 Å². The van der Waals surface area contributed by atoms with E-state index >= 15 is 0 Å². The van der Waals surface area contributed by atoms with Gasteiger partial charge in [0, 0.05) is 5.69 Å². The van der Waals surface area contributed by atoms with Gasteiger partial charge in [0.2, 0.25) is 0 Å². The number of ether oxygens (including phenoxy) is 2. The Morgan fingerprint density at radius 3 is 2.60 bits per heavy atom. The molecule has 1 amide bonds. The molecular formula is C19H20ClNO4. The highest BCUT2D eigenvalue weighted by Crippen LogP contribution is 2.26. The van der Waals surface area contributed by atoms with E-state index in [0.29, 0.717) is 11.3 Å². The zero-order valence-corrected chi connectivity index (χ0v) is 15.1. The van der Waals surface area contributed by atoms with Crippen LogP contribution >= 0.6 is 11.6 Å². The molecule has 0 fully saturated rings. The lowest BCUT2D eigenvalue weighted by Crippen LogP contribution is -2.21. The summed E-state index contributed by atoms with van der Waals surface area (Å²) in [4.78, 5) is 23.6. The quantitative estimate of drug-likeness (QED) is 0.789. The number of hydrogen-bond donors (Lipinski definition) is 1. The lowest BCUT2D eigenvalue weighted by atomic mass is 10.1. The molecule has 2 rings (SSSR count).